The van der Waals surface area contributed by atoms with Gasteiger partial charge in [-0.3, -0.25) is 4.79 Å². The van der Waals surface area contributed by atoms with Crippen molar-refractivity contribution in [2.24, 2.45) is 0 Å². The van der Waals surface area contributed by atoms with Crippen molar-refractivity contribution in [2.75, 3.05) is 25.5 Å². The normalized spacial score (nSPS) is 11.3. The Bertz CT molecular complexity index is 469. The van der Waals surface area contributed by atoms with E-state index in [0.29, 0.717) is 12.2 Å². The third kappa shape index (κ3) is 4.81. The largest absolute Gasteiger partial charge is 0.363 e. The molecule has 0 radical (unpaired) electrons. The maximum absolute atomic E-state index is 14.1. The minimum Gasteiger partial charge on any atom is -0.363 e. The zero-order valence-electron chi connectivity index (χ0n) is 12.9. The summed E-state index contributed by atoms with van der Waals surface area (Å²) >= 11 is 0. The molecule has 112 valence electrons. The van der Waals surface area contributed by atoms with E-state index >= 15 is 0 Å². The minimum absolute atomic E-state index is 0.0526. The third-order valence-corrected chi connectivity index (χ3v) is 2.92. The van der Waals surface area contributed by atoms with Crippen molar-refractivity contribution in [3.05, 3.63) is 29.6 Å². The predicted octanol–water partition coefficient (Wildman–Crippen LogP) is 1.90. The van der Waals surface area contributed by atoms with Crippen LogP contribution in [0, 0.1) is 5.82 Å². The summed E-state index contributed by atoms with van der Waals surface area (Å²) in [4.78, 5) is 13.1. The minimum atomic E-state index is -0.315. The average molecular weight is 281 g/mol. The van der Waals surface area contributed by atoms with Gasteiger partial charge in [-0.05, 0) is 32.4 Å². The quantitative estimate of drug-likeness (QED) is 0.866. The summed E-state index contributed by atoms with van der Waals surface area (Å²) in [7, 11) is 3.29. The van der Waals surface area contributed by atoms with Crippen molar-refractivity contribution >= 4 is 11.6 Å². The molecule has 0 fully saturated rings. The van der Waals surface area contributed by atoms with Crippen LogP contribution in [-0.4, -0.2) is 32.1 Å². The molecule has 1 amide bonds. The number of nitrogens with one attached hydrogen (secondary N) is 2. The number of amides is 1. The summed E-state index contributed by atoms with van der Waals surface area (Å²) in [5.41, 5.74) is 1.25. The van der Waals surface area contributed by atoms with E-state index in [-0.39, 0.29) is 23.8 Å². The first-order chi connectivity index (χ1) is 9.24. The Kier molecular flexibility index (Phi) is 5.51. The van der Waals surface area contributed by atoms with Crippen LogP contribution in [0.3, 0.4) is 0 Å². The number of para-hydroxylation sites is 1. The lowest BCUT2D eigenvalue weighted by atomic mass is 10.1. The van der Waals surface area contributed by atoms with Crippen LogP contribution in [0.5, 0.6) is 0 Å². The molecule has 0 heterocycles. The fourth-order valence-electron chi connectivity index (χ4n) is 1.86. The van der Waals surface area contributed by atoms with Crippen molar-refractivity contribution in [3.8, 4) is 0 Å². The number of halogens is 1. The van der Waals surface area contributed by atoms with Gasteiger partial charge >= 0.3 is 0 Å². The van der Waals surface area contributed by atoms with Gasteiger partial charge in [0.1, 0.15) is 5.82 Å². The molecule has 1 aromatic carbocycles. The molecule has 20 heavy (non-hydrogen) atoms. The highest BCUT2D eigenvalue weighted by Crippen LogP contribution is 2.24. The zero-order chi connectivity index (χ0) is 15.3. The number of carbonyl (C=O) groups excluding carboxylic acids is 1. The van der Waals surface area contributed by atoms with Gasteiger partial charge in [0.25, 0.3) is 0 Å². The second kappa shape index (κ2) is 6.70. The fraction of sp³-hybridized carbons (Fsp3) is 0.533. The molecule has 0 aliphatic rings. The fourth-order valence-corrected chi connectivity index (χ4v) is 1.86. The molecule has 0 aliphatic carbocycles. The first-order valence-corrected chi connectivity index (χ1v) is 6.68. The molecule has 4 nitrogen and oxygen atoms in total. The van der Waals surface area contributed by atoms with E-state index in [1.807, 2.05) is 6.07 Å². The number of nitrogens with zero attached hydrogens (tertiary/aromatic N) is 1. The lowest BCUT2D eigenvalue weighted by Crippen LogP contribution is -2.37. The third-order valence-electron chi connectivity index (χ3n) is 2.92. The van der Waals surface area contributed by atoms with Gasteiger partial charge in [0, 0.05) is 26.2 Å². The molecule has 0 saturated carbocycles. The molecule has 0 aromatic heterocycles. The second-order valence-corrected chi connectivity index (χ2v) is 5.88. The summed E-state index contributed by atoms with van der Waals surface area (Å²) in [5, 5.41) is 5.88. The summed E-state index contributed by atoms with van der Waals surface area (Å²) < 4.78 is 14.1. The van der Waals surface area contributed by atoms with Crippen LogP contribution >= 0.6 is 0 Å². The van der Waals surface area contributed by atoms with E-state index in [9.17, 15) is 9.18 Å². The molecule has 0 unspecified atom stereocenters. The Morgan fingerprint density at radius 1 is 1.35 bits per heavy atom. The Morgan fingerprint density at radius 2 is 2.00 bits per heavy atom. The maximum atomic E-state index is 14.1. The van der Waals surface area contributed by atoms with Gasteiger partial charge in [-0.15, -0.1) is 0 Å². The summed E-state index contributed by atoms with van der Waals surface area (Å²) in [5.74, 6) is -0.463. The van der Waals surface area contributed by atoms with Crippen LogP contribution in [0.25, 0.3) is 0 Å². The number of rotatable bonds is 5. The lowest BCUT2D eigenvalue weighted by molar-refractivity contribution is -0.119. The number of hydrogen-bond donors (Lipinski definition) is 2. The zero-order valence-corrected chi connectivity index (χ0v) is 12.9. The number of carbonyl (C=O) groups is 1. The number of hydrogen-bond acceptors (Lipinski definition) is 3. The van der Waals surface area contributed by atoms with Gasteiger partial charge < -0.3 is 15.5 Å². The molecular formula is C15H24FN3O. The standard InChI is InChI=1S/C15H24FN3O/c1-15(2,3)18-9-11-7-6-8-12(16)14(11)19(5)10-13(20)17-4/h6-8,18H,9-10H2,1-5H3,(H,17,20). The Hall–Kier alpha value is -1.62. The van der Waals surface area contributed by atoms with E-state index < -0.39 is 0 Å². The highest BCUT2D eigenvalue weighted by atomic mass is 19.1. The van der Waals surface area contributed by atoms with Crippen molar-refractivity contribution < 1.29 is 9.18 Å². The molecule has 0 aliphatic heterocycles. The molecule has 2 N–H and O–H groups in total. The van der Waals surface area contributed by atoms with Crippen LogP contribution in [0.2, 0.25) is 0 Å². The van der Waals surface area contributed by atoms with Crippen LogP contribution < -0.4 is 15.5 Å². The topological polar surface area (TPSA) is 44.4 Å². The van der Waals surface area contributed by atoms with E-state index in [1.54, 1.807) is 25.1 Å². The van der Waals surface area contributed by atoms with Gasteiger partial charge in [-0.25, -0.2) is 4.39 Å². The van der Waals surface area contributed by atoms with Crippen molar-refractivity contribution in [2.45, 2.75) is 32.9 Å². The summed E-state index contributed by atoms with van der Waals surface area (Å²) in [6.45, 7) is 6.84. The average Bonchev–Trinajstić information content (AvgIpc) is 2.35. The molecule has 5 heteroatoms. The summed E-state index contributed by atoms with van der Waals surface area (Å²) in [6, 6.07) is 4.97. The van der Waals surface area contributed by atoms with Crippen LogP contribution in [-0.2, 0) is 11.3 Å². The number of likely N-dealkylation sites (N-methyl/N-ethyl adjacent to an activating group) is 2. The highest BCUT2D eigenvalue weighted by molar-refractivity contribution is 5.81. The van der Waals surface area contributed by atoms with Crippen molar-refractivity contribution in [1.29, 1.82) is 0 Å². The van der Waals surface area contributed by atoms with Crippen LogP contribution in [0.4, 0.5) is 10.1 Å². The Morgan fingerprint density at radius 3 is 2.55 bits per heavy atom. The molecular weight excluding hydrogens is 257 g/mol. The van der Waals surface area contributed by atoms with Crippen LogP contribution in [0.15, 0.2) is 18.2 Å². The molecule has 0 bridgehead atoms. The molecule has 0 spiro atoms. The van der Waals surface area contributed by atoms with Gasteiger partial charge in [0.05, 0.1) is 12.2 Å². The molecule has 1 rings (SSSR count). The Balaban J connectivity index is 2.96. The highest BCUT2D eigenvalue weighted by Gasteiger charge is 2.17. The van der Waals surface area contributed by atoms with E-state index in [4.69, 9.17) is 0 Å². The number of benzene rings is 1. The predicted molar refractivity (Wildman–Crippen MR) is 80.3 cm³/mol. The molecule has 0 saturated heterocycles. The smallest absolute Gasteiger partial charge is 0.239 e. The maximum Gasteiger partial charge on any atom is 0.239 e. The SMILES string of the molecule is CNC(=O)CN(C)c1c(F)cccc1CNC(C)(C)C. The molecule has 1 aromatic rings. The summed E-state index contributed by atoms with van der Waals surface area (Å²) in [6.07, 6.45) is 0. The van der Waals surface area contributed by atoms with E-state index in [1.165, 1.54) is 6.07 Å². The van der Waals surface area contributed by atoms with Crippen molar-refractivity contribution in [1.82, 2.24) is 10.6 Å². The monoisotopic (exact) mass is 281 g/mol. The lowest BCUT2D eigenvalue weighted by Gasteiger charge is -2.25. The van der Waals surface area contributed by atoms with Gasteiger partial charge in [0.15, 0.2) is 0 Å². The first kappa shape index (κ1) is 16.4. The first-order valence-electron chi connectivity index (χ1n) is 6.68. The van der Waals surface area contributed by atoms with Crippen LogP contribution in [0.1, 0.15) is 26.3 Å². The van der Waals surface area contributed by atoms with Crippen molar-refractivity contribution in [3.63, 3.8) is 0 Å². The second-order valence-electron chi connectivity index (χ2n) is 5.88. The van der Waals surface area contributed by atoms with E-state index in [0.717, 1.165) is 5.56 Å². The van der Waals surface area contributed by atoms with Gasteiger partial charge in [-0.1, -0.05) is 12.1 Å². The molecule has 0 atom stereocenters. The van der Waals surface area contributed by atoms with Gasteiger partial charge in [0.2, 0.25) is 5.91 Å². The van der Waals surface area contributed by atoms with Gasteiger partial charge in [-0.2, -0.15) is 0 Å². The number of anilines is 1. The van der Waals surface area contributed by atoms with E-state index in [2.05, 4.69) is 31.4 Å². The Labute approximate surface area is 120 Å².